The first-order valence-electron chi connectivity index (χ1n) is 20.9. The normalized spacial score (nSPS) is 33.2. The lowest BCUT2D eigenvalue weighted by molar-refractivity contribution is -0.155. The fourth-order valence-electron chi connectivity index (χ4n) is 10.7. The molecule has 3 fully saturated rings. The molecule has 4 aliphatic carbocycles. The van der Waals surface area contributed by atoms with E-state index in [2.05, 4.69) is 91.0 Å². The molecule has 0 radical (unpaired) electrons. The van der Waals surface area contributed by atoms with Crippen LogP contribution < -0.4 is 0 Å². The highest BCUT2D eigenvalue weighted by Gasteiger charge is 2.58. The van der Waals surface area contributed by atoms with Crippen LogP contribution in [0.1, 0.15) is 177 Å². The minimum Gasteiger partial charge on any atom is -0.462 e. The molecule has 0 aromatic carbocycles. The summed E-state index contributed by atoms with van der Waals surface area (Å²) in [5.41, 5.74) is 2.75. The van der Waals surface area contributed by atoms with Crippen LogP contribution in [-0.2, 0) is 9.53 Å². The van der Waals surface area contributed by atoms with Gasteiger partial charge >= 0.3 is 5.97 Å². The maximum atomic E-state index is 12.8. The van der Waals surface area contributed by atoms with E-state index >= 15 is 0 Å². The lowest BCUT2D eigenvalue weighted by Gasteiger charge is -2.58. The van der Waals surface area contributed by atoms with E-state index in [-0.39, 0.29) is 12.1 Å². The number of carbonyl (C=O) groups is 1. The van der Waals surface area contributed by atoms with Crippen molar-refractivity contribution in [2.45, 2.75) is 183 Å². The molecule has 48 heavy (non-hydrogen) atoms. The maximum absolute atomic E-state index is 12.8. The fourth-order valence-corrected chi connectivity index (χ4v) is 10.7. The quantitative estimate of drug-likeness (QED) is 0.0783. The predicted molar refractivity (Wildman–Crippen MR) is 207 cm³/mol. The number of esters is 1. The van der Waals surface area contributed by atoms with Gasteiger partial charge in [-0.15, -0.1) is 0 Å². The molecule has 0 aliphatic heterocycles. The van der Waals surface area contributed by atoms with Gasteiger partial charge in [-0.3, -0.25) is 4.79 Å². The molecule has 272 valence electrons. The van der Waals surface area contributed by atoms with Crippen LogP contribution in [0.3, 0.4) is 0 Å². The van der Waals surface area contributed by atoms with Crippen molar-refractivity contribution >= 4 is 5.97 Å². The van der Waals surface area contributed by atoms with Gasteiger partial charge in [0.25, 0.3) is 0 Å². The zero-order valence-corrected chi connectivity index (χ0v) is 32.6. The average Bonchev–Trinajstić information content (AvgIpc) is 3.42. The first-order valence-corrected chi connectivity index (χ1v) is 20.9. The third-order valence-corrected chi connectivity index (χ3v) is 14.3. The Morgan fingerprint density at radius 1 is 0.812 bits per heavy atom. The Kier molecular flexibility index (Phi) is 15.6. The van der Waals surface area contributed by atoms with E-state index in [0.717, 1.165) is 80.5 Å². The van der Waals surface area contributed by atoms with Crippen molar-refractivity contribution in [1.29, 1.82) is 0 Å². The Hall–Kier alpha value is -1.57. The summed E-state index contributed by atoms with van der Waals surface area (Å²) in [5, 5.41) is 0. The van der Waals surface area contributed by atoms with Gasteiger partial charge in [-0.05, 0) is 142 Å². The average molecular weight is 661 g/mol. The van der Waals surface area contributed by atoms with Crippen molar-refractivity contribution in [1.82, 2.24) is 0 Å². The molecule has 4 rings (SSSR count). The molecule has 2 nitrogen and oxygen atoms in total. The van der Waals surface area contributed by atoms with E-state index in [1.165, 1.54) is 77.0 Å². The van der Waals surface area contributed by atoms with Crippen LogP contribution in [0.15, 0.2) is 48.1 Å². The van der Waals surface area contributed by atoms with Crippen LogP contribution in [0, 0.1) is 52.3 Å². The summed E-state index contributed by atoms with van der Waals surface area (Å²) in [4.78, 5) is 12.8. The second kappa shape index (κ2) is 19.2. The second-order valence-electron chi connectivity index (χ2n) is 17.7. The van der Waals surface area contributed by atoms with Gasteiger partial charge in [0.2, 0.25) is 0 Å². The van der Waals surface area contributed by atoms with Gasteiger partial charge in [0, 0.05) is 6.42 Å². The van der Waals surface area contributed by atoms with Crippen molar-refractivity contribution in [2.75, 3.05) is 0 Å². The number of allylic oxidation sites excluding steroid dienone is 8. The van der Waals surface area contributed by atoms with Crippen molar-refractivity contribution < 1.29 is 9.53 Å². The van der Waals surface area contributed by atoms with Crippen molar-refractivity contribution in [3.63, 3.8) is 0 Å². The lowest BCUT2D eigenvalue weighted by Crippen LogP contribution is -2.50. The predicted octanol–water partition coefficient (Wildman–Crippen LogP) is 13.8. The van der Waals surface area contributed by atoms with E-state index in [1.807, 2.05) is 5.57 Å². The summed E-state index contributed by atoms with van der Waals surface area (Å²) < 4.78 is 6.14. The highest BCUT2D eigenvalue weighted by atomic mass is 16.5. The van der Waals surface area contributed by atoms with Crippen molar-refractivity contribution in [3.05, 3.63) is 48.1 Å². The Morgan fingerprint density at radius 2 is 1.48 bits per heavy atom. The monoisotopic (exact) mass is 661 g/mol. The number of hydrogen-bond donors (Lipinski definition) is 0. The van der Waals surface area contributed by atoms with Crippen LogP contribution in [0.25, 0.3) is 0 Å². The van der Waals surface area contributed by atoms with Gasteiger partial charge in [-0.25, -0.2) is 0 Å². The van der Waals surface area contributed by atoms with Gasteiger partial charge in [0.15, 0.2) is 0 Å². The zero-order chi connectivity index (χ0) is 34.6. The highest BCUT2D eigenvalue weighted by molar-refractivity contribution is 5.69. The summed E-state index contributed by atoms with van der Waals surface area (Å²) in [6, 6.07) is 0. The molecule has 0 N–H and O–H groups in total. The third-order valence-electron chi connectivity index (χ3n) is 14.3. The molecular formula is C46H76O2. The maximum Gasteiger partial charge on any atom is 0.306 e. The second-order valence-corrected chi connectivity index (χ2v) is 17.7. The van der Waals surface area contributed by atoms with Gasteiger partial charge in [-0.1, -0.05) is 129 Å². The first-order chi connectivity index (χ1) is 23.1. The Balaban J connectivity index is 1.14. The molecule has 3 saturated carbocycles. The smallest absolute Gasteiger partial charge is 0.306 e. The number of ether oxygens (including phenoxy) is 1. The molecule has 0 saturated heterocycles. The number of carbonyl (C=O) groups excluding carboxylic acids is 1. The standard InChI is InChI=1S/C46H76O2/c1-8-9-10-11-12-13-14-15-16-17-18-19-20-21-22-23-44(47)48-39-30-32-45(6)38(34-39)26-27-40-42-29-28-41(46(42,7)33-31-43(40)45)37(5)25-24-36(4)35(2)3/h9-10,12-13,15-16,27,35-39,41-43H,8,11,14,17-26,28-34H2,1-7H3/t36-,37-,38+,39+,41-,42+,43+,45+,46-/m1/s1. The molecule has 0 amide bonds. The van der Waals surface area contributed by atoms with E-state index in [4.69, 9.17) is 4.74 Å². The first kappa shape index (κ1) is 39.2. The van der Waals surface area contributed by atoms with Crippen LogP contribution in [-0.4, -0.2) is 12.1 Å². The summed E-state index contributed by atoms with van der Waals surface area (Å²) in [6.07, 6.45) is 40.3. The van der Waals surface area contributed by atoms with Crippen molar-refractivity contribution in [2.24, 2.45) is 52.3 Å². The zero-order valence-electron chi connectivity index (χ0n) is 32.6. The number of unbranched alkanes of at least 4 members (excludes halogenated alkanes) is 5. The SMILES string of the molecule is CCC=CCC=CCC=CCCCCCCCC(=O)O[C@H]1CC[C@@]2(C)[C@@H](CC=C3[C@@H]2CC[C@]2(C)[C@@H]([C@H](C)CC[C@@H](C)C(C)C)CC[C@@H]32)C1. The summed E-state index contributed by atoms with van der Waals surface area (Å²) in [7, 11) is 0. The largest absolute Gasteiger partial charge is 0.462 e. The van der Waals surface area contributed by atoms with Gasteiger partial charge < -0.3 is 4.74 Å². The fraction of sp³-hybridized carbons (Fsp3) is 0.804. The number of fused-ring (bicyclic) bond motifs is 5. The number of rotatable bonds is 19. The van der Waals surface area contributed by atoms with Gasteiger partial charge in [0.05, 0.1) is 0 Å². The molecular weight excluding hydrogens is 585 g/mol. The van der Waals surface area contributed by atoms with Crippen molar-refractivity contribution in [3.8, 4) is 0 Å². The third kappa shape index (κ3) is 10.2. The lowest BCUT2D eigenvalue weighted by atomic mass is 9.47. The van der Waals surface area contributed by atoms with Crippen LogP contribution >= 0.6 is 0 Å². The summed E-state index contributed by atoms with van der Waals surface area (Å²) in [6.45, 7) is 17.3. The molecule has 0 spiro atoms. The summed E-state index contributed by atoms with van der Waals surface area (Å²) >= 11 is 0. The molecule has 2 heteroatoms. The Bertz CT molecular complexity index is 1090. The minimum absolute atomic E-state index is 0.0548. The number of hydrogen-bond acceptors (Lipinski definition) is 2. The molecule has 9 atom stereocenters. The molecule has 0 bridgehead atoms. The molecule has 0 aromatic heterocycles. The highest BCUT2D eigenvalue weighted by Crippen LogP contribution is 2.67. The molecule has 4 aliphatic rings. The molecule has 0 heterocycles. The van der Waals surface area contributed by atoms with E-state index in [0.29, 0.717) is 23.2 Å². The minimum atomic E-state index is 0.0548. The topological polar surface area (TPSA) is 26.3 Å². The van der Waals surface area contributed by atoms with E-state index in [9.17, 15) is 4.79 Å². The Morgan fingerprint density at radius 3 is 2.23 bits per heavy atom. The molecule has 0 aromatic rings. The van der Waals surface area contributed by atoms with Crippen LogP contribution in [0.4, 0.5) is 0 Å². The van der Waals surface area contributed by atoms with Crippen LogP contribution in [0.5, 0.6) is 0 Å². The van der Waals surface area contributed by atoms with Gasteiger partial charge in [-0.2, -0.15) is 0 Å². The Labute approximate surface area is 298 Å². The van der Waals surface area contributed by atoms with E-state index < -0.39 is 0 Å². The van der Waals surface area contributed by atoms with E-state index in [1.54, 1.807) is 0 Å². The molecule has 0 unspecified atom stereocenters. The summed E-state index contributed by atoms with van der Waals surface area (Å²) in [5.74, 6) is 5.66. The van der Waals surface area contributed by atoms with Gasteiger partial charge in [0.1, 0.15) is 6.10 Å². The van der Waals surface area contributed by atoms with Crippen LogP contribution in [0.2, 0.25) is 0 Å².